The minimum atomic E-state index is -3.31. The van der Waals surface area contributed by atoms with E-state index < -0.39 is 10.0 Å². The van der Waals surface area contributed by atoms with Crippen LogP contribution in [-0.2, 0) is 10.0 Å². The summed E-state index contributed by atoms with van der Waals surface area (Å²) in [7, 11) is -1.83. The molecule has 0 unspecified atom stereocenters. The van der Waals surface area contributed by atoms with Crippen LogP contribution in [0, 0.1) is 0 Å². The maximum absolute atomic E-state index is 12.3. The van der Waals surface area contributed by atoms with Crippen LogP contribution in [0.5, 0.6) is 0 Å². The molecule has 0 saturated carbocycles. The number of carbonyl (C=O) groups excluding carboxylic acids is 1. The van der Waals surface area contributed by atoms with Crippen LogP contribution >= 0.6 is 23.1 Å². The fraction of sp³-hybridized carbons (Fsp3) is 0.176. The average molecular weight is 393 g/mol. The van der Waals surface area contributed by atoms with Crippen molar-refractivity contribution in [3.63, 3.8) is 0 Å². The highest BCUT2D eigenvalue weighted by molar-refractivity contribution is 8.01. The van der Waals surface area contributed by atoms with E-state index in [1.54, 1.807) is 35.6 Å². The number of ketones is 1. The van der Waals surface area contributed by atoms with E-state index >= 15 is 0 Å². The van der Waals surface area contributed by atoms with Crippen molar-refractivity contribution in [1.82, 2.24) is 4.98 Å². The number of hydrogen-bond acceptors (Lipinski definition) is 6. The lowest BCUT2D eigenvalue weighted by Crippen LogP contribution is -2.24. The van der Waals surface area contributed by atoms with Crippen LogP contribution in [0.4, 0.5) is 5.69 Å². The van der Waals surface area contributed by atoms with E-state index in [1.165, 1.54) is 23.1 Å². The normalized spacial score (nSPS) is 11.6. The minimum absolute atomic E-state index is 0.0159. The van der Waals surface area contributed by atoms with Gasteiger partial charge in [0.05, 0.1) is 27.9 Å². The average Bonchev–Trinajstić information content (AvgIpc) is 3.01. The molecule has 0 N–H and O–H groups in total. The predicted molar refractivity (Wildman–Crippen MR) is 104 cm³/mol. The number of anilines is 1. The van der Waals surface area contributed by atoms with Gasteiger partial charge in [0, 0.05) is 12.6 Å². The Kier molecular flexibility index (Phi) is 5.12. The molecule has 8 heteroatoms. The molecule has 3 aromatic rings. The van der Waals surface area contributed by atoms with Crippen LogP contribution in [0.25, 0.3) is 10.2 Å². The van der Waals surface area contributed by atoms with E-state index in [9.17, 15) is 13.2 Å². The van der Waals surface area contributed by atoms with Gasteiger partial charge in [0.25, 0.3) is 0 Å². The van der Waals surface area contributed by atoms with Crippen LogP contribution in [0.1, 0.15) is 10.4 Å². The van der Waals surface area contributed by atoms with Crippen LogP contribution in [0.2, 0.25) is 0 Å². The molecule has 0 saturated heterocycles. The smallest absolute Gasteiger partial charge is 0.231 e. The fourth-order valence-electron chi connectivity index (χ4n) is 2.17. The summed E-state index contributed by atoms with van der Waals surface area (Å²) in [5.74, 6) is 0.277. The number of hydrogen-bond donors (Lipinski definition) is 0. The van der Waals surface area contributed by atoms with Crippen molar-refractivity contribution in [3.8, 4) is 0 Å². The lowest BCUT2D eigenvalue weighted by Gasteiger charge is -2.16. The summed E-state index contributed by atoms with van der Waals surface area (Å²) in [5, 5.41) is 0. The number of aromatic nitrogens is 1. The molecule has 130 valence electrons. The highest BCUT2D eigenvalue weighted by atomic mass is 32.2. The summed E-state index contributed by atoms with van der Waals surface area (Å²) < 4.78 is 26.2. The molecule has 0 bridgehead atoms. The van der Waals surface area contributed by atoms with Crippen molar-refractivity contribution < 1.29 is 13.2 Å². The number of carbonyl (C=O) groups is 1. The molecule has 0 atom stereocenters. The van der Waals surface area contributed by atoms with Gasteiger partial charge in [0.1, 0.15) is 0 Å². The Morgan fingerprint density at radius 1 is 1.16 bits per heavy atom. The number of Topliss-reactive ketones (excluding diaryl/α,β-unsaturated/α-hetero) is 1. The van der Waals surface area contributed by atoms with Crippen molar-refractivity contribution in [2.24, 2.45) is 0 Å². The van der Waals surface area contributed by atoms with E-state index in [4.69, 9.17) is 0 Å². The van der Waals surface area contributed by atoms with Crippen LogP contribution in [0.3, 0.4) is 0 Å². The van der Waals surface area contributed by atoms with Gasteiger partial charge in [0.15, 0.2) is 10.1 Å². The van der Waals surface area contributed by atoms with E-state index in [0.29, 0.717) is 17.0 Å². The van der Waals surface area contributed by atoms with Gasteiger partial charge in [-0.3, -0.25) is 9.10 Å². The SMILES string of the molecule is CN(c1ccc(C(=O)CSc2nc3ccccc3s2)cc1)S(C)(=O)=O. The van der Waals surface area contributed by atoms with Gasteiger partial charge in [0.2, 0.25) is 10.0 Å². The molecule has 0 amide bonds. The first-order chi connectivity index (χ1) is 11.8. The number of sulfonamides is 1. The van der Waals surface area contributed by atoms with Crippen molar-refractivity contribution in [2.75, 3.05) is 23.4 Å². The van der Waals surface area contributed by atoms with Gasteiger partial charge in [-0.05, 0) is 36.4 Å². The van der Waals surface area contributed by atoms with Crippen molar-refractivity contribution >= 4 is 54.8 Å². The van der Waals surface area contributed by atoms with Crippen LogP contribution in [-0.4, -0.2) is 38.2 Å². The molecule has 25 heavy (non-hydrogen) atoms. The third-order valence-electron chi connectivity index (χ3n) is 3.65. The number of benzene rings is 2. The van der Waals surface area contributed by atoms with Gasteiger partial charge in [-0.2, -0.15) is 0 Å². The lowest BCUT2D eigenvalue weighted by molar-refractivity contribution is 0.102. The van der Waals surface area contributed by atoms with Crippen LogP contribution in [0.15, 0.2) is 52.9 Å². The highest BCUT2D eigenvalue weighted by Gasteiger charge is 2.13. The maximum Gasteiger partial charge on any atom is 0.231 e. The Balaban J connectivity index is 1.67. The van der Waals surface area contributed by atoms with Gasteiger partial charge < -0.3 is 0 Å². The fourth-order valence-corrected chi connectivity index (χ4v) is 4.64. The molecule has 0 fully saturated rings. The van der Waals surface area contributed by atoms with E-state index in [2.05, 4.69) is 4.98 Å². The van der Waals surface area contributed by atoms with Gasteiger partial charge in [-0.1, -0.05) is 23.9 Å². The zero-order valence-corrected chi connectivity index (χ0v) is 16.1. The third-order valence-corrected chi connectivity index (χ3v) is 7.04. The Morgan fingerprint density at radius 2 is 1.84 bits per heavy atom. The quantitative estimate of drug-likeness (QED) is 0.473. The summed E-state index contributed by atoms with van der Waals surface area (Å²) in [6.45, 7) is 0. The number of thioether (sulfide) groups is 1. The second-order valence-corrected chi connectivity index (χ2v) is 9.70. The molecule has 0 spiro atoms. The minimum Gasteiger partial charge on any atom is -0.293 e. The second kappa shape index (κ2) is 7.15. The first-order valence-electron chi connectivity index (χ1n) is 7.40. The molecule has 1 heterocycles. The van der Waals surface area contributed by atoms with Crippen molar-refractivity contribution in [2.45, 2.75) is 4.34 Å². The summed E-state index contributed by atoms with van der Waals surface area (Å²) in [5.41, 5.74) is 2.02. The molecule has 5 nitrogen and oxygen atoms in total. The van der Waals surface area contributed by atoms with Gasteiger partial charge in [-0.25, -0.2) is 13.4 Å². The zero-order chi connectivity index (χ0) is 18.0. The monoisotopic (exact) mass is 392 g/mol. The lowest BCUT2D eigenvalue weighted by atomic mass is 10.1. The number of fused-ring (bicyclic) bond motifs is 1. The first kappa shape index (κ1) is 17.9. The standard InChI is InChI=1S/C17H16N2O3S3/c1-19(25(2,21)22)13-9-7-12(8-10-13)15(20)11-23-17-18-14-5-3-4-6-16(14)24-17/h3-10H,11H2,1-2H3. The highest BCUT2D eigenvalue weighted by Crippen LogP contribution is 2.29. The Hall–Kier alpha value is -1.90. The number of thiazole rings is 1. The van der Waals surface area contributed by atoms with Gasteiger partial charge in [-0.15, -0.1) is 11.3 Å². The summed E-state index contributed by atoms with van der Waals surface area (Å²) >= 11 is 2.99. The Bertz CT molecular complexity index is 978. The number of para-hydroxylation sites is 1. The summed E-state index contributed by atoms with van der Waals surface area (Å²) in [6.07, 6.45) is 1.14. The Labute approximate surface area is 154 Å². The van der Waals surface area contributed by atoms with Crippen LogP contribution < -0.4 is 4.31 Å². The molecule has 2 aromatic carbocycles. The first-order valence-corrected chi connectivity index (χ1v) is 11.1. The second-order valence-electron chi connectivity index (χ2n) is 5.44. The van der Waals surface area contributed by atoms with E-state index in [1.807, 2.05) is 24.3 Å². The zero-order valence-electron chi connectivity index (χ0n) is 13.7. The molecular weight excluding hydrogens is 376 g/mol. The van der Waals surface area contributed by atoms with Gasteiger partial charge >= 0.3 is 0 Å². The summed E-state index contributed by atoms with van der Waals surface area (Å²) in [6, 6.07) is 14.4. The van der Waals surface area contributed by atoms with Crippen molar-refractivity contribution in [3.05, 3.63) is 54.1 Å². The molecule has 1 aromatic heterocycles. The van der Waals surface area contributed by atoms with E-state index in [-0.39, 0.29) is 5.78 Å². The molecular formula is C17H16N2O3S3. The third kappa shape index (κ3) is 4.20. The molecule has 0 radical (unpaired) electrons. The molecule has 0 aliphatic heterocycles. The topological polar surface area (TPSA) is 67.3 Å². The van der Waals surface area contributed by atoms with Crippen molar-refractivity contribution in [1.29, 1.82) is 0 Å². The maximum atomic E-state index is 12.3. The van der Waals surface area contributed by atoms with E-state index in [0.717, 1.165) is 20.8 Å². The molecule has 0 aliphatic rings. The number of rotatable bonds is 6. The Morgan fingerprint density at radius 3 is 2.48 bits per heavy atom. The molecule has 0 aliphatic carbocycles. The largest absolute Gasteiger partial charge is 0.293 e. The number of nitrogens with zero attached hydrogens (tertiary/aromatic N) is 2. The predicted octanol–water partition coefficient (Wildman–Crippen LogP) is 3.67. The molecule has 3 rings (SSSR count). The summed E-state index contributed by atoms with van der Waals surface area (Å²) in [4.78, 5) is 16.8.